The van der Waals surface area contributed by atoms with Crippen LogP contribution in [0.4, 0.5) is 4.39 Å². The van der Waals surface area contributed by atoms with E-state index in [1.807, 2.05) is 5.32 Å². The molecule has 0 rings (SSSR count). The minimum atomic E-state index is -1.35. The van der Waals surface area contributed by atoms with Gasteiger partial charge in [0.2, 0.25) is 6.41 Å². The van der Waals surface area contributed by atoms with E-state index < -0.39 is 24.8 Å². The summed E-state index contributed by atoms with van der Waals surface area (Å²) in [6, 6.07) is -1.23. The number of alkyl halides is 1. The first-order valence-corrected chi connectivity index (χ1v) is 3.28. The Kier molecular flexibility index (Phi) is 4.94. The minimum absolute atomic E-state index is 0.198. The SMILES string of the molecule is O=CNC(CC(O)CF)C(=O)O. The molecule has 0 aliphatic heterocycles. The number of carboxylic acids is 1. The van der Waals surface area contributed by atoms with Gasteiger partial charge in [-0.1, -0.05) is 0 Å². The molecule has 70 valence electrons. The average molecular weight is 179 g/mol. The van der Waals surface area contributed by atoms with Crippen molar-refractivity contribution in [3.8, 4) is 0 Å². The quantitative estimate of drug-likeness (QED) is 0.452. The molecular formula is C6H10FNO4. The lowest BCUT2D eigenvalue weighted by Crippen LogP contribution is -2.39. The van der Waals surface area contributed by atoms with Gasteiger partial charge in [-0.15, -0.1) is 0 Å². The lowest BCUT2D eigenvalue weighted by Gasteiger charge is -2.12. The van der Waals surface area contributed by atoms with Gasteiger partial charge < -0.3 is 15.5 Å². The van der Waals surface area contributed by atoms with Crippen LogP contribution in [0.2, 0.25) is 0 Å². The molecule has 5 nitrogen and oxygen atoms in total. The zero-order valence-electron chi connectivity index (χ0n) is 6.24. The highest BCUT2D eigenvalue weighted by molar-refractivity contribution is 5.76. The van der Waals surface area contributed by atoms with Crippen LogP contribution >= 0.6 is 0 Å². The molecule has 12 heavy (non-hydrogen) atoms. The molecule has 6 heteroatoms. The number of aliphatic hydroxyl groups excluding tert-OH is 1. The third-order valence-electron chi connectivity index (χ3n) is 1.25. The number of aliphatic carboxylic acids is 1. The lowest BCUT2D eigenvalue weighted by molar-refractivity contribution is -0.141. The third-order valence-corrected chi connectivity index (χ3v) is 1.25. The van der Waals surface area contributed by atoms with Crippen LogP contribution < -0.4 is 5.32 Å². The Morgan fingerprint density at radius 3 is 2.58 bits per heavy atom. The topological polar surface area (TPSA) is 86.6 Å². The van der Waals surface area contributed by atoms with Gasteiger partial charge in [-0.05, 0) is 0 Å². The Balaban J connectivity index is 3.94. The summed E-state index contributed by atoms with van der Waals surface area (Å²) in [7, 11) is 0. The fourth-order valence-corrected chi connectivity index (χ4v) is 0.657. The average Bonchev–Trinajstić information content (AvgIpc) is 2.03. The molecule has 0 spiro atoms. The number of halogens is 1. The standard InChI is InChI=1S/C6H10FNO4/c7-2-4(10)1-5(6(11)12)8-3-9/h3-5,10H,1-2H2,(H,8,9)(H,11,12). The molecule has 0 bridgehead atoms. The molecule has 0 aromatic rings. The van der Waals surface area contributed by atoms with E-state index in [9.17, 15) is 14.0 Å². The number of carbonyl (C=O) groups is 2. The van der Waals surface area contributed by atoms with Crippen molar-refractivity contribution in [3.63, 3.8) is 0 Å². The smallest absolute Gasteiger partial charge is 0.326 e. The van der Waals surface area contributed by atoms with E-state index in [1.54, 1.807) is 0 Å². The van der Waals surface area contributed by atoms with E-state index in [0.717, 1.165) is 0 Å². The van der Waals surface area contributed by atoms with E-state index >= 15 is 0 Å². The van der Waals surface area contributed by atoms with Crippen LogP contribution in [0.5, 0.6) is 0 Å². The summed E-state index contributed by atoms with van der Waals surface area (Å²) in [6.07, 6.45) is -1.48. The van der Waals surface area contributed by atoms with E-state index in [2.05, 4.69) is 0 Å². The van der Waals surface area contributed by atoms with Crippen LogP contribution in [0, 0.1) is 0 Å². The van der Waals surface area contributed by atoms with Crippen LogP contribution in [0.25, 0.3) is 0 Å². The Morgan fingerprint density at radius 2 is 2.25 bits per heavy atom. The van der Waals surface area contributed by atoms with Gasteiger partial charge in [0.25, 0.3) is 0 Å². The van der Waals surface area contributed by atoms with Gasteiger partial charge in [-0.25, -0.2) is 9.18 Å². The van der Waals surface area contributed by atoms with Crippen molar-refractivity contribution in [2.24, 2.45) is 0 Å². The summed E-state index contributed by atoms with van der Waals surface area (Å²) in [6.45, 7) is -1.02. The number of aliphatic hydroxyl groups is 1. The minimum Gasteiger partial charge on any atom is -0.480 e. The molecule has 1 amide bonds. The molecule has 3 N–H and O–H groups in total. The van der Waals surface area contributed by atoms with Gasteiger partial charge >= 0.3 is 5.97 Å². The van der Waals surface area contributed by atoms with E-state index in [-0.39, 0.29) is 12.8 Å². The molecule has 0 saturated carbocycles. The number of carboxylic acid groups (broad SMARTS) is 1. The van der Waals surface area contributed by atoms with Crippen molar-refractivity contribution in [1.29, 1.82) is 0 Å². The van der Waals surface area contributed by atoms with Crippen LogP contribution in [0.15, 0.2) is 0 Å². The van der Waals surface area contributed by atoms with Crippen LogP contribution in [0.1, 0.15) is 6.42 Å². The normalized spacial score (nSPS) is 14.8. The first kappa shape index (κ1) is 10.8. The summed E-state index contributed by atoms with van der Waals surface area (Å²) in [5, 5.41) is 19.0. The molecule has 0 radical (unpaired) electrons. The largest absolute Gasteiger partial charge is 0.480 e. The highest BCUT2D eigenvalue weighted by atomic mass is 19.1. The fourth-order valence-electron chi connectivity index (χ4n) is 0.657. The van der Waals surface area contributed by atoms with Crippen molar-refractivity contribution < 1.29 is 24.2 Å². The van der Waals surface area contributed by atoms with Crippen LogP contribution in [0.3, 0.4) is 0 Å². The molecule has 2 atom stereocenters. The molecule has 0 aromatic heterocycles. The zero-order valence-corrected chi connectivity index (χ0v) is 6.24. The van der Waals surface area contributed by atoms with Crippen molar-refractivity contribution in [3.05, 3.63) is 0 Å². The molecule has 0 aliphatic rings. The lowest BCUT2D eigenvalue weighted by atomic mass is 10.1. The second-order valence-electron chi connectivity index (χ2n) is 2.22. The molecule has 0 aromatic carbocycles. The first-order chi connectivity index (χ1) is 5.61. The Morgan fingerprint density at radius 1 is 1.67 bits per heavy atom. The van der Waals surface area contributed by atoms with Crippen molar-refractivity contribution >= 4 is 12.4 Å². The van der Waals surface area contributed by atoms with Gasteiger partial charge in [0, 0.05) is 6.42 Å². The fraction of sp³-hybridized carbons (Fsp3) is 0.667. The number of hydrogen-bond acceptors (Lipinski definition) is 3. The van der Waals surface area contributed by atoms with Crippen molar-refractivity contribution in [2.45, 2.75) is 18.6 Å². The number of hydrogen-bond donors (Lipinski definition) is 3. The Bertz CT molecular complexity index is 164. The maximum absolute atomic E-state index is 11.7. The van der Waals surface area contributed by atoms with Crippen molar-refractivity contribution in [1.82, 2.24) is 5.32 Å². The molecule has 0 aliphatic carbocycles. The van der Waals surface area contributed by atoms with E-state index in [0.29, 0.717) is 0 Å². The number of nitrogens with one attached hydrogen (secondary N) is 1. The van der Waals surface area contributed by atoms with E-state index in [1.165, 1.54) is 0 Å². The molecule has 2 unspecified atom stereocenters. The van der Waals surface area contributed by atoms with E-state index in [4.69, 9.17) is 10.2 Å². The maximum atomic E-state index is 11.7. The van der Waals surface area contributed by atoms with Crippen molar-refractivity contribution in [2.75, 3.05) is 6.67 Å². The summed E-state index contributed by atoms with van der Waals surface area (Å²) < 4.78 is 11.7. The van der Waals surface area contributed by atoms with Crippen LogP contribution in [-0.2, 0) is 9.59 Å². The molecule has 0 saturated heterocycles. The van der Waals surface area contributed by atoms with Gasteiger partial charge in [0.1, 0.15) is 12.7 Å². The summed E-state index contributed by atoms with van der Waals surface area (Å²) >= 11 is 0. The molecule has 0 fully saturated rings. The van der Waals surface area contributed by atoms with Crippen LogP contribution in [-0.4, -0.2) is 41.4 Å². The number of amides is 1. The van der Waals surface area contributed by atoms with Gasteiger partial charge in [0.05, 0.1) is 6.10 Å². The summed E-state index contributed by atoms with van der Waals surface area (Å²) in [5.74, 6) is -1.30. The second-order valence-corrected chi connectivity index (χ2v) is 2.22. The van der Waals surface area contributed by atoms with Gasteiger partial charge in [-0.2, -0.15) is 0 Å². The Hall–Kier alpha value is -1.17. The molecular weight excluding hydrogens is 169 g/mol. The predicted octanol–water partition coefficient (Wildman–Crippen LogP) is -1.09. The van der Waals surface area contributed by atoms with Gasteiger partial charge in [0.15, 0.2) is 0 Å². The summed E-state index contributed by atoms with van der Waals surface area (Å²) in [5.41, 5.74) is 0. The molecule has 0 heterocycles. The highest BCUT2D eigenvalue weighted by Crippen LogP contribution is 1.98. The summed E-state index contributed by atoms with van der Waals surface area (Å²) in [4.78, 5) is 20.1. The first-order valence-electron chi connectivity index (χ1n) is 3.28. The Labute approximate surface area is 68.2 Å². The highest BCUT2D eigenvalue weighted by Gasteiger charge is 2.20. The zero-order chi connectivity index (χ0) is 9.56. The monoisotopic (exact) mass is 179 g/mol. The number of rotatable bonds is 6. The second kappa shape index (κ2) is 5.48. The maximum Gasteiger partial charge on any atom is 0.326 e. The third kappa shape index (κ3) is 3.87. The van der Waals surface area contributed by atoms with Gasteiger partial charge in [-0.3, -0.25) is 4.79 Å². The number of carbonyl (C=O) groups excluding carboxylic acids is 1. The predicted molar refractivity (Wildman–Crippen MR) is 37.2 cm³/mol.